The van der Waals surface area contributed by atoms with Gasteiger partial charge in [-0.25, -0.2) is 9.59 Å². The molecule has 0 aliphatic rings. The highest BCUT2D eigenvalue weighted by Gasteiger charge is 2.12. The highest BCUT2D eigenvalue weighted by atomic mass is 16.5. The fourth-order valence-electron chi connectivity index (χ4n) is 1.51. The van der Waals surface area contributed by atoms with Gasteiger partial charge in [0.2, 0.25) is 0 Å². The Labute approximate surface area is 122 Å². The number of ether oxygens (including phenoxy) is 1. The Morgan fingerprint density at radius 2 is 1.86 bits per heavy atom. The lowest BCUT2D eigenvalue weighted by molar-refractivity contribution is -0.146. The third-order valence-corrected chi connectivity index (χ3v) is 2.47. The van der Waals surface area contributed by atoms with Crippen molar-refractivity contribution in [3.8, 4) is 5.75 Å². The first kappa shape index (κ1) is 16.8. The minimum Gasteiger partial charge on any atom is -0.491 e. The number of anilines is 1. The zero-order valence-corrected chi connectivity index (χ0v) is 12.0. The summed E-state index contributed by atoms with van der Waals surface area (Å²) in [6.07, 6.45) is -1.45. The first-order chi connectivity index (χ1) is 9.88. The van der Waals surface area contributed by atoms with Crippen molar-refractivity contribution in [3.05, 3.63) is 24.3 Å². The van der Waals surface area contributed by atoms with Gasteiger partial charge in [0.15, 0.2) is 6.10 Å². The molecule has 0 saturated carbocycles. The molecule has 0 unspecified atom stereocenters. The monoisotopic (exact) mass is 296 g/mol. The third-order valence-electron chi connectivity index (χ3n) is 2.47. The first-order valence-electron chi connectivity index (χ1n) is 6.61. The second-order valence-corrected chi connectivity index (χ2v) is 4.71. The molecule has 1 aromatic rings. The summed E-state index contributed by atoms with van der Waals surface area (Å²) < 4.78 is 5.48. The van der Waals surface area contributed by atoms with Crippen LogP contribution in [0.2, 0.25) is 0 Å². The highest BCUT2D eigenvalue weighted by molar-refractivity contribution is 5.89. The summed E-state index contributed by atoms with van der Waals surface area (Å²) in [5, 5.41) is 22.6. The molecule has 1 aromatic carbocycles. The summed E-state index contributed by atoms with van der Waals surface area (Å²) in [6, 6.07) is 6.41. The smallest absolute Gasteiger partial charge is 0.332 e. The van der Waals surface area contributed by atoms with Crippen LogP contribution in [0.1, 0.15) is 20.3 Å². The molecule has 7 nitrogen and oxygen atoms in total. The van der Waals surface area contributed by atoms with E-state index in [2.05, 4.69) is 10.6 Å². The maximum absolute atomic E-state index is 11.5. The van der Waals surface area contributed by atoms with E-state index in [1.54, 1.807) is 24.3 Å². The van der Waals surface area contributed by atoms with Crippen molar-refractivity contribution in [1.82, 2.24) is 5.32 Å². The van der Waals surface area contributed by atoms with Gasteiger partial charge in [0, 0.05) is 18.7 Å². The number of benzene rings is 1. The van der Waals surface area contributed by atoms with Crippen LogP contribution < -0.4 is 15.4 Å². The molecule has 0 saturated heterocycles. The molecular formula is C14H20N2O5. The fourth-order valence-corrected chi connectivity index (χ4v) is 1.51. The SMILES string of the molecule is CC(C)Oc1ccc(NC(=O)NCC[C@H](O)C(=O)O)cc1. The number of rotatable bonds is 7. The Balaban J connectivity index is 2.36. The van der Waals surface area contributed by atoms with Crippen LogP contribution >= 0.6 is 0 Å². The zero-order valence-electron chi connectivity index (χ0n) is 12.0. The number of hydrogen-bond acceptors (Lipinski definition) is 4. The van der Waals surface area contributed by atoms with Crippen LogP contribution in [0.25, 0.3) is 0 Å². The van der Waals surface area contributed by atoms with Gasteiger partial charge in [-0.3, -0.25) is 0 Å². The number of aliphatic carboxylic acids is 1. The second-order valence-electron chi connectivity index (χ2n) is 4.71. The molecule has 0 aliphatic carbocycles. The topological polar surface area (TPSA) is 108 Å². The molecule has 116 valence electrons. The number of carbonyl (C=O) groups is 2. The largest absolute Gasteiger partial charge is 0.491 e. The Morgan fingerprint density at radius 1 is 1.24 bits per heavy atom. The van der Waals surface area contributed by atoms with Gasteiger partial charge in [-0.1, -0.05) is 0 Å². The van der Waals surface area contributed by atoms with Crippen LogP contribution in [0.5, 0.6) is 5.75 Å². The van der Waals surface area contributed by atoms with Gasteiger partial charge in [-0.2, -0.15) is 0 Å². The molecule has 4 N–H and O–H groups in total. The molecule has 1 atom stereocenters. The molecule has 0 fully saturated rings. The molecule has 7 heteroatoms. The van der Waals surface area contributed by atoms with Gasteiger partial charge in [0.05, 0.1) is 6.10 Å². The van der Waals surface area contributed by atoms with E-state index in [-0.39, 0.29) is 19.1 Å². The van der Waals surface area contributed by atoms with E-state index < -0.39 is 18.1 Å². The maximum atomic E-state index is 11.5. The minimum absolute atomic E-state index is 0.0517. The van der Waals surface area contributed by atoms with Gasteiger partial charge in [-0.15, -0.1) is 0 Å². The Kier molecular flexibility index (Phi) is 6.48. The molecule has 0 aliphatic heterocycles. The van der Waals surface area contributed by atoms with Crippen LogP contribution in [-0.2, 0) is 4.79 Å². The highest BCUT2D eigenvalue weighted by Crippen LogP contribution is 2.16. The van der Waals surface area contributed by atoms with Gasteiger partial charge < -0.3 is 25.6 Å². The van der Waals surface area contributed by atoms with E-state index in [1.807, 2.05) is 13.8 Å². The zero-order chi connectivity index (χ0) is 15.8. The van der Waals surface area contributed by atoms with E-state index in [0.29, 0.717) is 11.4 Å². The summed E-state index contributed by atoms with van der Waals surface area (Å²) >= 11 is 0. The number of nitrogens with one attached hydrogen (secondary N) is 2. The quantitative estimate of drug-likeness (QED) is 0.609. The molecule has 21 heavy (non-hydrogen) atoms. The van der Waals surface area contributed by atoms with Gasteiger partial charge in [0.1, 0.15) is 5.75 Å². The van der Waals surface area contributed by atoms with Crippen LogP contribution in [-0.4, -0.2) is 41.0 Å². The molecule has 0 aromatic heterocycles. The van der Waals surface area contributed by atoms with Crippen molar-refractivity contribution < 1.29 is 24.5 Å². The van der Waals surface area contributed by atoms with Crippen molar-refractivity contribution in [1.29, 1.82) is 0 Å². The first-order valence-corrected chi connectivity index (χ1v) is 6.61. The van der Waals surface area contributed by atoms with E-state index in [9.17, 15) is 9.59 Å². The lowest BCUT2D eigenvalue weighted by Crippen LogP contribution is -2.33. The Hall–Kier alpha value is -2.28. The molecule has 0 radical (unpaired) electrons. The number of carboxylic acids is 1. The van der Waals surface area contributed by atoms with E-state index in [1.165, 1.54) is 0 Å². The molecule has 2 amide bonds. The summed E-state index contributed by atoms with van der Waals surface area (Å²) in [5.74, 6) is -0.599. The lowest BCUT2D eigenvalue weighted by atomic mass is 10.2. The predicted molar refractivity (Wildman–Crippen MR) is 77.5 cm³/mol. The van der Waals surface area contributed by atoms with E-state index >= 15 is 0 Å². The Morgan fingerprint density at radius 3 is 2.38 bits per heavy atom. The standard InChI is InChI=1S/C14H20N2O5/c1-9(2)21-11-5-3-10(4-6-11)16-14(20)15-8-7-12(17)13(18)19/h3-6,9,12,17H,7-8H2,1-2H3,(H,18,19)(H2,15,16,20)/t12-/m0/s1. The fraction of sp³-hybridized carbons (Fsp3) is 0.429. The molecule has 0 heterocycles. The second kappa shape index (κ2) is 8.11. The van der Waals surface area contributed by atoms with Crippen molar-refractivity contribution >= 4 is 17.7 Å². The van der Waals surface area contributed by atoms with Crippen molar-refractivity contribution in [3.63, 3.8) is 0 Å². The van der Waals surface area contributed by atoms with Crippen molar-refractivity contribution in [2.45, 2.75) is 32.5 Å². The van der Waals surface area contributed by atoms with Crippen molar-refractivity contribution in [2.24, 2.45) is 0 Å². The average molecular weight is 296 g/mol. The summed E-state index contributed by atoms with van der Waals surface area (Å²) in [4.78, 5) is 21.9. The number of aliphatic hydroxyl groups is 1. The average Bonchev–Trinajstić information content (AvgIpc) is 2.40. The summed E-state index contributed by atoms with van der Waals surface area (Å²) in [7, 11) is 0. The normalized spacial score (nSPS) is 11.8. The minimum atomic E-state index is -1.47. The van der Waals surface area contributed by atoms with Crippen molar-refractivity contribution in [2.75, 3.05) is 11.9 Å². The number of urea groups is 1. The van der Waals surface area contributed by atoms with Gasteiger partial charge in [0.25, 0.3) is 0 Å². The third kappa shape index (κ3) is 6.62. The molecular weight excluding hydrogens is 276 g/mol. The summed E-state index contributed by atoms with van der Waals surface area (Å²) in [5.41, 5.74) is 0.586. The number of hydrogen-bond donors (Lipinski definition) is 4. The molecule has 1 rings (SSSR count). The number of aliphatic hydroxyl groups excluding tert-OH is 1. The maximum Gasteiger partial charge on any atom is 0.332 e. The number of carboxylic acid groups (broad SMARTS) is 1. The van der Waals surface area contributed by atoms with Crippen LogP contribution in [0.15, 0.2) is 24.3 Å². The predicted octanol–water partition coefficient (Wildman–Crippen LogP) is 1.43. The Bertz CT molecular complexity index is 473. The summed E-state index contributed by atoms with van der Waals surface area (Å²) in [6.45, 7) is 3.91. The van der Waals surface area contributed by atoms with Crippen LogP contribution in [0.3, 0.4) is 0 Å². The lowest BCUT2D eigenvalue weighted by Gasteiger charge is -2.11. The van der Waals surface area contributed by atoms with Crippen LogP contribution in [0.4, 0.5) is 10.5 Å². The van der Waals surface area contributed by atoms with Gasteiger partial charge >= 0.3 is 12.0 Å². The van der Waals surface area contributed by atoms with E-state index in [0.717, 1.165) is 0 Å². The molecule has 0 spiro atoms. The number of amides is 2. The number of carbonyl (C=O) groups excluding carboxylic acids is 1. The van der Waals surface area contributed by atoms with E-state index in [4.69, 9.17) is 14.9 Å². The van der Waals surface area contributed by atoms with Gasteiger partial charge in [-0.05, 0) is 38.1 Å². The van der Waals surface area contributed by atoms with Crippen LogP contribution in [0, 0.1) is 0 Å². The molecule has 0 bridgehead atoms.